The number of ether oxygens (including phenoxy) is 2. The number of halogens is 1. The van der Waals surface area contributed by atoms with Gasteiger partial charge in [-0.1, -0.05) is 11.6 Å². The van der Waals surface area contributed by atoms with Gasteiger partial charge in [0.25, 0.3) is 5.91 Å². The van der Waals surface area contributed by atoms with Crippen molar-refractivity contribution in [3.05, 3.63) is 53.3 Å². The Balaban J connectivity index is 1.65. The van der Waals surface area contributed by atoms with Crippen LogP contribution in [-0.2, 0) is 9.53 Å². The van der Waals surface area contributed by atoms with Crippen molar-refractivity contribution in [3.8, 4) is 5.75 Å². The highest BCUT2D eigenvalue weighted by atomic mass is 35.5. The second-order valence-electron chi connectivity index (χ2n) is 5.07. The predicted molar refractivity (Wildman–Crippen MR) is 93.0 cm³/mol. The van der Waals surface area contributed by atoms with E-state index in [0.717, 1.165) is 0 Å². The van der Waals surface area contributed by atoms with E-state index in [4.69, 9.17) is 21.1 Å². The molecule has 0 aliphatic carbocycles. The highest BCUT2D eigenvalue weighted by molar-refractivity contribution is 6.31. The zero-order valence-corrected chi connectivity index (χ0v) is 14.0. The Hall–Kier alpha value is -3.06. The Kier molecular flexibility index (Phi) is 4.85. The number of hydrogen-bond donors (Lipinski definition) is 2. The first-order chi connectivity index (χ1) is 12.1. The Morgan fingerprint density at radius 3 is 2.92 bits per heavy atom. The van der Waals surface area contributed by atoms with Crippen LogP contribution in [0.25, 0.3) is 11.0 Å². The number of pyridine rings is 1. The lowest BCUT2D eigenvalue weighted by molar-refractivity contribution is -0.119. The third-order valence-corrected chi connectivity index (χ3v) is 3.69. The van der Waals surface area contributed by atoms with Crippen LogP contribution in [0.1, 0.15) is 10.4 Å². The first kappa shape index (κ1) is 16.8. The van der Waals surface area contributed by atoms with Gasteiger partial charge in [-0.3, -0.25) is 4.79 Å². The van der Waals surface area contributed by atoms with Gasteiger partial charge < -0.3 is 19.8 Å². The Morgan fingerprint density at radius 1 is 1.28 bits per heavy atom. The topological polar surface area (TPSA) is 93.3 Å². The van der Waals surface area contributed by atoms with Gasteiger partial charge in [0.05, 0.1) is 18.4 Å². The molecule has 0 fully saturated rings. The monoisotopic (exact) mass is 359 g/mol. The average molecular weight is 360 g/mol. The molecule has 0 spiro atoms. The van der Waals surface area contributed by atoms with Crippen molar-refractivity contribution < 1.29 is 19.1 Å². The number of fused-ring (bicyclic) bond motifs is 1. The largest absolute Gasteiger partial charge is 0.495 e. The summed E-state index contributed by atoms with van der Waals surface area (Å²) in [7, 11) is 1.48. The minimum absolute atomic E-state index is 0.333. The zero-order chi connectivity index (χ0) is 17.8. The van der Waals surface area contributed by atoms with Crippen molar-refractivity contribution in [1.29, 1.82) is 0 Å². The SMILES string of the molecule is COc1ccc(Cl)cc1NC(=O)COC(=O)c1ccnc2[nH]ccc12. The van der Waals surface area contributed by atoms with E-state index in [1.165, 1.54) is 19.4 Å². The van der Waals surface area contributed by atoms with Gasteiger partial charge in [-0.2, -0.15) is 0 Å². The predicted octanol–water partition coefficient (Wildman–Crippen LogP) is 3.02. The molecule has 3 aromatic rings. The maximum Gasteiger partial charge on any atom is 0.339 e. The number of anilines is 1. The molecule has 0 aliphatic heterocycles. The number of methoxy groups -OCH3 is 1. The van der Waals surface area contributed by atoms with Crippen LogP contribution >= 0.6 is 11.6 Å². The van der Waals surface area contributed by atoms with Gasteiger partial charge in [0.15, 0.2) is 6.61 Å². The van der Waals surface area contributed by atoms with E-state index in [9.17, 15) is 9.59 Å². The molecule has 0 radical (unpaired) electrons. The summed E-state index contributed by atoms with van der Waals surface area (Å²) in [4.78, 5) is 31.2. The summed E-state index contributed by atoms with van der Waals surface area (Å²) in [5.74, 6) is -0.666. The maximum absolute atomic E-state index is 12.2. The van der Waals surface area contributed by atoms with Crippen LogP contribution in [0, 0.1) is 0 Å². The number of esters is 1. The number of nitrogens with zero attached hydrogens (tertiary/aromatic N) is 1. The summed E-state index contributed by atoms with van der Waals surface area (Å²) in [6.45, 7) is -0.442. The summed E-state index contributed by atoms with van der Waals surface area (Å²) < 4.78 is 10.2. The molecule has 7 nitrogen and oxygen atoms in total. The van der Waals surface area contributed by atoms with Crippen molar-refractivity contribution in [3.63, 3.8) is 0 Å². The molecule has 128 valence electrons. The number of carbonyl (C=O) groups excluding carboxylic acids is 2. The summed E-state index contributed by atoms with van der Waals surface area (Å²) in [6, 6.07) is 8.07. The molecule has 2 N–H and O–H groups in total. The maximum atomic E-state index is 12.2. The fourth-order valence-corrected chi connectivity index (χ4v) is 2.48. The van der Waals surface area contributed by atoms with Gasteiger partial charge in [0.1, 0.15) is 11.4 Å². The van der Waals surface area contributed by atoms with Crippen LogP contribution in [0.4, 0.5) is 5.69 Å². The van der Waals surface area contributed by atoms with Crippen LogP contribution in [0.2, 0.25) is 5.02 Å². The molecule has 3 rings (SSSR count). The number of rotatable bonds is 5. The molecule has 2 aromatic heterocycles. The molecule has 0 bridgehead atoms. The molecule has 1 aromatic carbocycles. The average Bonchev–Trinajstić information content (AvgIpc) is 3.08. The molecule has 2 heterocycles. The molecule has 1 amide bonds. The summed E-state index contributed by atoms with van der Waals surface area (Å²) in [5.41, 5.74) is 1.30. The number of H-pyrrole nitrogens is 1. The summed E-state index contributed by atoms with van der Waals surface area (Å²) in [5, 5.41) is 3.67. The lowest BCUT2D eigenvalue weighted by Crippen LogP contribution is -2.21. The quantitative estimate of drug-likeness (QED) is 0.683. The van der Waals surface area contributed by atoms with Gasteiger partial charge in [-0.15, -0.1) is 0 Å². The number of carbonyl (C=O) groups is 2. The fraction of sp³-hybridized carbons (Fsp3) is 0.118. The second kappa shape index (κ2) is 7.23. The van der Waals surface area contributed by atoms with Crippen LogP contribution < -0.4 is 10.1 Å². The summed E-state index contributed by atoms with van der Waals surface area (Å²) in [6.07, 6.45) is 3.17. The van der Waals surface area contributed by atoms with Gasteiger partial charge >= 0.3 is 5.97 Å². The van der Waals surface area contributed by atoms with E-state index < -0.39 is 18.5 Å². The van der Waals surface area contributed by atoms with Crippen molar-refractivity contribution in [2.24, 2.45) is 0 Å². The molecule has 0 atom stereocenters. The molecule has 25 heavy (non-hydrogen) atoms. The molecule has 0 saturated heterocycles. The lowest BCUT2D eigenvalue weighted by Gasteiger charge is -2.11. The third-order valence-electron chi connectivity index (χ3n) is 3.45. The Labute approximate surface area is 147 Å². The lowest BCUT2D eigenvalue weighted by atomic mass is 10.2. The fourth-order valence-electron chi connectivity index (χ4n) is 2.31. The molecule has 0 aliphatic rings. The second-order valence-corrected chi connectivity index (χ2v) is 5.50. The Morgan fingerprint density at radius 2 is 2.12 bits per heavy atom. The number of hydrogen-bond acceptors (Lipinski definition) is 5. The van der Waals surface area contributed by atoms with E-state index in [-0.39, 0.29) is 0 Å². The van der Waals surface area contributed by atoms with Gasteiger partial charge in [0.2, 0.25) is 0 Å². The third kappa shape index (κ3) is 3.72. The van der Waals surface area contributed by atoms with Crippen LogP contribution in [0.3, 0.4) is 0 Å². The zero-order valence-electron chi connectivity index (χ0n) is 13.2. The minimum Gasteiger partial charge on any atom is -0.495 e. The molecule has 0 saturated carbocycles. The van der Waals surface area contributed by atoms with Crippen LogP contribution in [-0.4, -0.2) is 35.6 Å². The highest BCUT2D eigenvalue weighted by Gasteiger charge is 2.15. The van der Waals surface area contributed by atoms with Crippen molar-refractivity contribution in [2.75, 3.05) is 19.0 Å². The van der Waals surface area contributed by atoms with Gasteiger partial charge in [-0.25, -0.2) is 9.78 Å². The standard InChI is InChI=1S/C17H14ClN3O4/c1-24-14-3-2-10(18)8-13(14)21-15(22)9-25-17(23)12-5-7-20-16-11(12)4-6-19-16/h2-8H,9H2,1H3,(H,19,20)(H,21,22). The van der Waals surface area contributed by atoms with Crippen molar-refractivity contribution in [1.82, 2.24) is 9.97 Å². The van der Waals surface area contributed by atoms with E-state index in [1.807, 2.05) is 0 Å². The molecule has 0 unspecified atom stereocenters. The van der Waals surface area contributed by atoms with Gasteiger partial charge in [-0.05, 0) is 30.3 Å². The number of aromatic amines is 1. The first-order valence-corrected chi connectivity index (χ1v) is 7.69. The number of nitrogens with one attached hydrogen (secondary N) is 2. The highest BCUT2D eigenvalue weighted by Crippen LogP contribution is 2.27. The molecular weight excluding hydrogens is 346 g/mol. The minimum atomic E-state index is -0.611. The van der Waals surface area contributed by atoms with E-state index >= 15 is 0 Å². The molecular formula is C17H14ClN3O4. The van der Waals surface area contributed by atoms with E-state index in [2.05, 4.69) is 15.3 Å². The first-order valence-electron chi connectivity index (χ1n) is 7.31. The normalized spacial score (nSPS) is 10.5. The smallest absolute Gasteiger partial charge is 0.339 e. The van der Waals surface area contributed by atoms with E-state index in [0.29, 0.717) is 33.1 Å². The molecule has 8 heteroatoms. The van der Waals surface area contributed by atoms with Crippen molar-refractivity contribution >= 4 is 40.2 Å². The van der Waals surface area contributed by atoms with Crippen LogP contribution in [0.15, 0.2) is 42.7 Å². The number of benzene rings is 1. The number of amides is 1. The van der Waals surface area contributed by atoms with Crippen LogP contribution in [0.5, 0.6) is 5.75 Å². The Bertz CT molecular complexity index is 939. The van der Waals surface area contributed by atoms with E-state index in [1.54, 1.807) is 30.5 Å². The summed E-state index contributed by atoms with van der Waals surface area (Å²) >= 11 is 5.91. The van der Waals surface area contributed by atoms with Gasteiger partial charge in [0, 0.05) is 22.8 Å². The van der Waals surface area contributed by atoms with Crippen molar-refractivity contribution in [2.45, 2.75) is 0 Å². The number of aromatic nitrogens is 2.